The summed E-state index contributed by atoms with van der Waals surface area (Å²) in [5.74, 6) is 0.796. The molecular weight excluding hydrogens is 270 g/mol. The van der Waals surface area contributed by atoms with Crippen molar-refractivity contribution in [3.05, 3.63) is 46.1 Å². The number of halogens is 1. The van der Waals surface area contributed by atoms with Crippen molar-refractivity contribution in [2.75, 3.05) is 5.73 Å². The minimum atomic E-state index is 0.121. The van der Waals surface area contributed by atoms with Crippen LogP contribution in [0.2, 0.25) is 5.02 Å². The van der Waals surface area contributed by atoms with Crippen LogP contribution in [0.25, 0.3) is 0 Å². The van der Waals surface area contributed by atoms with Gasteiger partial charge in [-0.15, -0.1) is 0 Å². The summed E-state index contributed by atoms with van der Waals surface area (Å²) in [6.07, 6.45) is 3.38. The second-order valence-corrected chi connectivity index (χ2v) is 6.60. The van der Waals surface area contributed by atoms with Crippen LogP contribution in [0.5, 0.6) is 0 Å². The van der Waals surface area contributed by atoms with E-state index in [1.807, 2.05) is 28.9 Å². The molecule has 0 atom stereocenters. The maximum Gasteiger partial charge on any atom is 0.126 e. The number of nitrogens with zero attached hydrogens (tertiary/aromatic N) is 2. The third kappa shape index (κ3) is 2.20. The van der Waals surface area contributed by atoms with Crippen molar-refractivity contribution in [2.24, 2.45) is 0 Å². The van der Waals surface area contributed by atoms with E-state index in [9.17, 15) is 0 Å². The van der Waals surface area contributed by atoms with Gasteiger partial charge in [-0.05, 0) is 36.3 Å². The molecule has 0 radical (unpaired) electrons. The Morgan fingerprint density at radius 2 is 2.10 bits per heavy atom. The average Bonchev–Trinajstić information content (AvgIpc) is 2.70. The highest BCUT2D eigenvalue weighted by molar-refractivity contribution is 6.31. The minimum Gasteiger partial charge on any atom is -0.384 e. The zero-order chi connectivity index (χ0) is 14.3. The molecule has 0 aliphatic heterocycles. The van der Waals surface area contributed by atoms with Crippen LogP contribution in [0, 0.1) is 0 Å². The van der Waals surface area contributed by atoms with Gasteiger partial charge < -0.3 is 5.73 Å². The SMILES string of the molecule is CC1(C)CCCc2nn(Cc3ccccc3Cl)c(N)c21. The lowest BCUT2D eigenvalue weighted by Gasteiger charge is -2.29. The molecular formula is C16H20ClN3. The second kappa shape index (κ2) is 4.81. The van der Waals surface area contributed by atoms with Gasteiger partial charge in [0.2, 0.25) is 0 Å². The lowest BCUT2D eigenvalue weighted by molar-refractivity contribution is 0.432. The topological polar surface area (TPSA) is 43.8 Å². The second-order valence-electron chi connectivity index (χ2n) is 6.19. The first-order chi connectivity index (χ1) is 9.49. The maximum atomic E-state index is 6.36. The summed E-state index contributed by atoms with van der Waals surface area (Å²) in [6.45, 7) is 5.14. The predicted octanol–water partition coefficient (Wildman–Crippen LogP) is 3.78. The van der Waals surface area contributed by atoms with Gasteiger partial charge in [-0.25, -0.2) is 4.68 Å². The van der Waals surface area contributed by atoms with Gasteiger partial charge in [-0.1, -0.05) is 43.6 Å². The van der Waals surface area contributed by atoms with Crippen molar-refractivity contribution < 1.29 is 0 Å². The Kier molecular flexibility index (Phi) is 3.25. The highest BCUT2D eigenvalue weighted by Gasteiger charge is 2.33. The molecule has 0 fully saturated rings. The summed E-state index contributed by atoms with van der Waals surface area (Å²) in [6, 6.07) is 7.85. The number of hydrogen-bond donors (Lipinski definition) is 1. The minimum absolute atomic E-state index is 0.121. The van der Waals surface area contributed by atoms with Crippen LogP contribution in [0.15, 0.2) is 24.3 Å². The molecule has 0 saturated carbocycles. The molecule has 1 aromatic heterocycles. The molecule has 106 valence electrons. The molecule has 0 bridgehead atoms. The molecule has 1 aliphatic carbocycles. The van der Waals surface area contributed by atoms with Crippen molar-refractivity contribution in [1.82, 2.24) is 9.78 Å². The first kappa shape index (κ1) is 13.5. The normalized spacial score (nSPS) is 16.9. The Morgan fingerprint density at radius 3 is 2.80 bits per heavy atom. The third-order valence-corrected chi connectivity index (χ3v) is 4.60. The van der Waals surface area contributed by atoms with E-state index in [1.54, 1.807) is 0 Å². The highest BCUT2D eigenvalue weighted by Crippen LogP contribution is 2.40. The van der Waals surface area contributed by atoms with E-state index in [4.69, 9.17) is 22.4 Å². The van der Waals surface area contributed by atoms with Gasteiger partial charge in [0.15, 0.2) is 0 Å². The van der Waals surface area contributed by atoms with Crippen LogP contribution in [-0.4, -0.2) is 9.78 Å². The van der Waals surface area contributed by atoms with Gasteiger partial charge in [0, 0.05) is 10.6 Å². The molecule has 20 heavy (non-hydrogen) atoms. The van der Waals surface area contributed by atoms with Crippen molar-refractivity contribution in [1.29, 1.82) is 0 Å². The lowest BCUT2D eigenvalue weighted by Crippen LogP contribution is -2.24. The van der Waals surface area contributed by atoms with Crippen molar-refractivity contribution >= 4 is 17.4 Å². The number of anilines is 1. The molecule has 1 heterocycles. The van der Waals surface area contributed by atoms with E-state index in [0.29, 0.717) is 6.54 Å². The van der Waals surface area contributed by atoms with Gasteiger partial charge >= 0.3 is 0 Å². The van der Waals surface area contributed by atoms with Crippen LogP contribution in [0.1, 0.15) is 43.5 Å². The lowest BCUT2D eigenvalue weighted by atomic mass is 9.75. The summed E-state index contributed by atoms with van der Waals surface area (Å²) in [5.41, 5.74) is 9.92. The molecule has 1 aliphatic rings. The van der Waals surface area contributed by atoms with E-state index in [1.165, 1.54) is 18.4 Å². The zero-order valence-electron chi connectivity index (χ0n) is 12.0. The van der Waals surface area contributed by atoms with Crippen LogP contribution in [-0.2, 0) is 18.4 Å². The van der Waals surface area contributed by atoms with Gasteiger partial charge in [0.05, 0.1) is 12.2 Å². The Morgan fingerprint density at radius 1 is 1.35 bits per heavy atom. The number of nitrogen functional groups attached to an aromatic ring is 1. The van der Waals surface area contributed by atoms with Crippen LogP contribution in [0.3, 0.4) is 0 Å². The number of aromatic nitrogens is 2. The van der Waals surface area contributed by atoms with E-state index in [-0.39, 0.29) is 5.41 Å². The third-order valence-electron chi connectivity index (χ3n) is 4.23. The first-order valence-electron chi connectivity index (χ1n) is 7.08. The standard InChI is InChI=1S/C16H20ClN3/c1-16(2)9-5-8-13-14(16)15(18)20(19-13)10-11-6-3-4-7-12(11)17/h3-4,6-7H,5,8-10,18H2,1-2H3. The summed E-state index contributed by atoms with van der Waals surface area (Å²) in [7, 11) is 0. The molecule has 2 N–H and O–H groups in total. The number of hydrogen-bond acceptors (Lipinski definition) is 2. The number of rotatable bonds is 2. The Labute approximate surface area is 124 Å². The summed E-state index contributed by atoms with van der Waals surface area (Å²) in [4.78, 5) is 0. The molecule has 0 spiro atoms. The van der Waals surface area contributed by atoms with E-state index in [0.717, 1.165) is 28.5 Å². The average molecular weight is 290 g/mol. The molecule has 4 heteroatoms. The first-order valence-corrected chi connectivity index (χ1v) is 7.46. The van der Waals surface area contributed by atoms with Crippen LogP contribution >= 0.6 is 11.6 Å². The van der Waals surface area contributed by atoms with Crippen molar-refractivity contribution in [3.8, 4) is 0 Å². The van der Waals surface area contributed by atoms with Crippen LogP contribution in [0.4, 0.5) is 5.82 Å². The molecule has 3 rings (SSSR count). The largest absolute Gasteiger partial charge is 0.384 e. The quantitative estimate of drug-likeness (QED) is 0.914. The maximum absolute atomic E-state index is 6.36. The van der Waals surface area contributed by atoms with Gasteiger partial charge in [0.1, 0.15) is 5.82 Å². The Balaban J connectivity index is 2.01. The van der Waals surface area contributed by atoms with Gasteiger partial charge in [-0.3, -0.25) is 0 Å². The Bertz CT molecular complexity index is 643. The molecule has 0 amide bonds. The number of benzene rings is 1. The van der Waals surface area contributed by atoms with E-state index < -0.39 is 0 Å². The van der Waals surface area contributed by atoms with Gasteiger partial charge in [-0.2, -0.15) is 5.10 Å². The fraction of sp³-hybridized carbons (Fsp3) is 0.438. The number of aryl methyl sites for hydroxylation is 1. The summed E-state index contributed by atoms with van der Waals surface area (Å²) in [5, 5.41) is 5.48. The summed E-state index contributed by atoms with van der Waals surface area (Å²) >= 11 is 6.23. The predicted molar refractivity (Wildman–Crippen MR) is 83.2 cm³/mol. The summed E-state index contributed by atoms with van der Waals surface area (Å²) < 4.78 is 1.90. The van der Waals surface area contributed by atoms with E-state index in [2.05, 4.69) is 13.8 Å². The number of fused-ring (bicyclic) bond motifs is 1. The van der Waals surface area contributed by atoms with Crippen molar-refractivity contribution in [2.45, 2.75) is 45.1 Å². The molecule has 0 unspecified atom stereocenters. The molecule has 3 nitrogen and oxygen atoms in total. The smallest absolute Gasteiger partial charge is 0.126 e. The van der Waals surface area contributed by atoms with E-state index >= 15 is 0 Å². The van der Waals surface area contributed by atoms with Crippen molar-refractivity contribution in [3.63, 3.8) is 0 Å². The fourth-order valence-electron chi connectivity index (χ4n) is 3.17. The molecule has 1 aromatic carbocycles. The van der Waals surface area contributed by atoms with Gasteiger partial charge in [0.25, 0.3) is 0 Å². The number of nitrogens with two attached hydrogens (primary N) is 1. The van der Waals surface area contributed by atoms with Crippen LogP contribution < -0.4 is 5.73 Å². The zero-order valence-corrected chi connectivity index (χ0v) is 12.7. The molecule has 0 saturated heterocycles. The molecule has 2 aromatic rings. The fourth-order valence-corrected chi connectivity index (χ4v) is 3.37. The Hall–Kier alpha value is -1.48. The highest BCUT2D eigenvalue weighted by atomic mass is 35.5. The monoisotopic (exact) mass is 289 g/mol.